The summed E-state index contributed by atoms with van der Waals surface area (Å²) in [6.45, 7) is 8.93. The first-order chi connectivity index (χ1) is 11.0. The number of fused-ring (bicyclic) bond motifs is 1. The number of hydrogen-bond donors (Lipinski definition) is 0. The van der Waals surface area contributed by atoms with E-state index in [4.69, 9.17) is 17.0 Å². The van der Waals surface area contributed by atoms with Crippen molar-refractivity contribution in [2.24, 2.45) is 0 Å². The minimum atomic E-state index is -0.826. The average molecular weight is 424 g/mol. The first kappa shape index (κ1) is 18.8. The summed E-state index contributed by atoms with van der Waals surface area (Å²) in [6, 6.07) is 17.9. The van der Waals surface area contributed by atoms with Gasteiger partial charge in [0.25, 0.3) is 0 Å². The molecule has 120 valence electrons. The van der Waals surface area contributed by atoms with Gasteiger partial charge in [0, 0.05) is 0 Å². The summed E-state index contributed by atoms with van der Waals surface area (Å²) in [5.74, 6) is 0.532. The van der Waals surface area contributed by atoms with Gasteiger partial charge in [-0.3, -0.25) is 0 Å². The van der Waals surface area contributed by atoms with Gasteiger partial charge in [-0.05, 0) is 24.0 Å². The van der Waals surface area contributed by atoms with Crippen molar-refractivity contribution in [1.29, 1.82) is 0 Å². The summed E-state index contributed by atoms with van der Waals surface area (Å²) in [6.07, 6.45) is 0. The second kappa shape index (κ2) is 8.56. The molecule has 3 aromatic rings. The van der Waals surface area contributed by atoms with E-state index in [0.29, 0.717) is 5.92 Å². The Morgan fingerprint density at radius 3 is 2.26 bits per heavy atom. The molecule has 3 aromatic carbocycles. The van der Waals surface area contributed by atoms with E-state index >= 15 is 0 Å². The molecule has 0 heterocycles. The minimum absolute atomic E-state index is 0.532. The molecule has 0 bridgehead atoms. The van der Waals surface area contributed by atoms with Crippen molar-refractivity contribution in [3.8, 4) is 11.1 Å². The maximum atomic E-state index is 4.93. The van der Waals surface area contributed by atoms with Crippen molar-refractivity contribution >= 4 is 27.8 Å². The Morgan fingerprint density at radius 2 is 1.65 bits per heavy atom. The summed E-state index contributed by atoms with van der Waals surface area (Å²) in [5, 5.41) is 2.74. The average Bonchev–Trinajstić information content (AvgIpc) is 2.88. The van der Waals surface area contributed by atoms with Crippen molar-refractivity contribution < 1.29 is 20.8 Å². The van der Waals surface area contributed by atoms with Crippen molar-refractivity contribution in [2.75, 3.05) is 0 Å². The summed E-state index contributed by atoms with van der Waals surface area (Å²) in [4.78, 5) is 0. The van der Waals surface area contributed by atoms with Crippen molar-refractivity contribution in [3.63, 3.8) is 0 Å². The topological polar surface area (TPSA) is 0 Å². The van der Waals surface area contributed by atoms with Gasteiger partial charge in [0.2, 0.25) is 0 Å². The number of rotatable bonds is 2. The second-order valence-electron chi connectivity index (χ2n) is 6.11. The zero-order valence-corrected chi connectivity index (χ0v) is 17.9. The fourth-order valence-electron chi connectivity index (χ4n) is 3.08. The number of aryl methyl sites for hydroxylation is 2. The van der Waals surface area contributed by atoms with Crippen LogP contribution in [0.2, 0.25) is 0 Å². The fourth-order valence-corrected chi connectivity index (χ4v) is 3.08. The van der Waals surface area contributed by atoms with E-state index in [1.165, 1.54) is 38.6 Å². The first-order valence-electron chi connectivity index (χ1n) is 7.71. The van der Waals surface area contributed by atoms with E-state index in [1.807, 2.05) is 0 Å². The third-order valence-corrected chi connectivity index (χ3v) is 4.10. The summed E-state index contributed by atoms with van der Waals surface area (Å²) in [7, 11) is 9.87. The Balaban J connectivity index is 0.000000595. The molecule has 0 atom stereocenters. The van der Waals surface area contributed by atoms with Gasteiger partial charge in [-0.15, -0.1) is 34.5 Å². The molecule has 0 saturated heterocycles. The molecule has 0 aromatic heterocycles. The molecule has 0 N–H and O–H groups in total. The second-order valence-corrected chi connectivity index (χ2v) is 9.84. The molecule has 0 saturated carbocycles. The fraction of sp³-hybridized carbons (Fsp3) is 0.250. The van der Waals surface area contributed by atoms with Gasteiger partial charge in [-0.25, -0.2) is 0 Å². The zero-order valence-electron chi connectivity index (χ0n) is 14.0. The Morgan fingerprint density at radius 1 is 1.00 bits per heavy atom. The monoisotopic (exact) mass is 421 g/mol. The Hall–Kier alpha value is -0.487. The van der Waals surface area contributed by atoms with Crippen LogP contribution < -0.4 is 0 Å². The molecule has 0 spiro atoms. The predicted molar refractivity (Wildman–Crippen MR) is 100 cm³/mol. The zero-order chi connectivity index (χ0) is 17.0. The van der Waals surface area contributed by atoms with Crippen LogP contribution in [0.15, 0.2) is 48.5 Å². The SMILES string of the molecule is Cc1cc2c(-c3ccccc3C)c(C(C)C)ccc2[cH-]1.[Cl][Zr][Cl]. The van der Waals surface area contributed by atoms with Gasteiger partial charge in [0.15, 0.2) is 0 Å². The van der Waals surface area contributed by atoms with E-state index in [0.717, 1.165) is 0 Å². The maximum absolute atomic E-state index is 4.93. The van der Waals surface area contributed by atoms with Gasteiger partial charge in [-0.2, -0.15) is 6.07 Å². The van der Waals surface area contributed by atoms with E-state index in [9.17, 15) is 0 Å². The molecule has 0 nitrogen and oxygen atoms in total. The van der Waals surface area contributed by atoms with Gasteiger partial charge < -0.3 is 0 Å². The molecular weight excluding hydrogens is 402 g/mol. The summed E-state index contributed by atoms with van der Waals surface area (Å²) >= 11 is -0.826. The molecule has 0 radical (unpaired) electrons. The Bertz CT molecular complexity index is 787. The molecule has 0 aliphatic rings. The third-order valence-electron chi connectivity index (χ3n) is 4.10. The van der Waals surface area contributed by atoms with Crippen LogP contribution in [-0.4, -0.2) is 0 Å². The van der Waals surface area contributed by atoms with Gasteiger partial charge in [0.1, 0.15) is 0 Å². The van der Waals surface area contributed by atoms with Crippen LogP contribution in [0, 0.1) is 13.8 Å². The molecule has 0 amide bonds. The van der Waals surface area contributed by atoms with Crippen LogP contribution in [0.3, 0.4) is 0 Å². The van der Waals surface area contributed by atoms with Gasteiger partial charge >= 0.3 is 37.9 Å². The Kier molecular flexibility index (Phi) is 7.02. The Labute approximate surface area is 157 Å². The normalized spacial score (nSPS) is 10.6. The molecule has 0 unspecified atom stereocenters. The molecule has 3 rings (SSSR count). The van der Waals surface area contributed by atoms with E-state index in [2.05, 4.69) is 76.2 Å². The summed E-state index contributed by atoms with van der Waals surface area (Å²) in [5.41, 5.74) is 6.92. The quantitative estimate of drug-likeness (QED) is 0.378. The third kappa shape index (κ3) is 4.33. The van der Waals surface area contributed by atoms with Crippen LogP contribution in [0.4, 0.5) is 0 Å². The van der Waals surface area contributed by atoms with Crippen molar-refractivity contribution in [3.05, 3.63) is 65.2 Å². The first-order valence-corrected chi connectivity index (χ1v) is 14.0. The van der Waals surface area contributed by atoms with Crippen LogP contribution in [0.1, 0.15) is 36.5 Å². The van der Waals surface area contributed by atoms with E-state index in [1.54, 1.807) is 0 Å². The predicted octanol–water partition coefficient (Wildman–Crippen LogP) is 7.34. The van der Waals surface area contributed by atoms with Gasteiger partial charge in [0.05, 0.1) is 0 Å². The molecule has 23 heavy (non-hydrogen) atoms. The number of halogens is 2. The van der Waals surface area contributed by atoms with Crippen molar-refractivity contribution in [2.45, 2.75) is 33.6 Å². The van der Waals surface area contributed by atoms with Crippen LogP contribution in [0.25, 0.3) is 21.9 Å². The number of benzene rings is 2. The number of hydrogen-bond acceptors (Lipinski definition) is 0. The van der Waals surface area contributed by atoms with Crippen LogP contribution >= 0.6 is 17.0 Å². The summed E-state index contributed by atoms with van der Waals surface area (Å²) < 4.78 is 0. The van der Waals surface area contributed by atoms with E-state index < -0.39 is 20.8 Å². The van der Waals surface area contributed by atoms with Crippen molar-refractivity contribution in [1.82, 2.24) is 0 Å². The molecule has 0 aliphatic heterocycles. The molecule has 0 fully saturated rings. The molecular formula is C20H21Cl2Zr-. The molecule has 3 heteroatoms. The molecule has 0 aliphatic carbocycles. The van der Waals surface area contributed by atoms with Crippen LogP contribution in [-0.2, 0) is 20.8 Å². The van der Waals surface area contributed by atoms with E-state index in [-0.39, 0.29) is 0 Å². The standard InChI is InChI=1S/C20H21.2ClH.Zr/c1-13(2)17-10-9-16-11-14(3)12-19(16)20(17)18-8-6-5-7-15(18)4;;;/h5-13H,1-4H3;2*1H;/q-1;;;+2/p-2. The van der Waals surface area contributed by atoms with Gasteiger partial charge in [-0.1, -0.05) is 56.2 Å². The van der Waals surface area contributed by atoms with Crippen LogP contribution in [0.5, 0.6) is 0 Å².